The summed E-state index contributed by atoms with van der Waals surface area (Å²) in [4.78, 5) is 2.36. The average Bonchev–Trinajstić information content (AvgIpc) is 2.60. The second-order valence-corrected chi connectivity index (χ2v) is 6.37. The second kappa shape index (κ2) is 7.55. The lowest BCUT2D eigenvalue weighted by Gasteiger charge is -2.34. The topological polar surface area (TPSA) is 27.0 Å². The van der Waals surface area contributed by atoms with Gasteiger partial charge in [-0.2, -0.15) is 5.26 Å². The Morgan fingerprint density at radius 2 is 1.79 bits per heavy atom. The van der Waals surface area contributed by atoms with Gasteiger partial charge in [0.15, 0.2) is 0 Å². The van der Waals surface area contributed by atoms with Crippen LogP contribution in [0, 0.1) is 28.9 Å². The summed E-state index contributed by atoms with van der Waals surface area (Å²) in [5.74, 6) is -1.62. The predicted molar refractivity (Wildman–Crippen MR) is 89.2 cm³/mol. The Bertz CT molecular complexity index is 716. The van der Waals surface area contributed by atoms with E-state index in [-0.39, 0.29) is 5.92 Å². The molecule has 2 aromatic carbocycles. The van der Waals surface area contributed by atoms with Gasteiger partial charge in [0, 0.05) is 18.2 Å². The Morgan fingerprint density at radius 1 is 1.08 bits per heavy atom. The highest BCUT2D eigenvalue weighted by Crippen LogP contribution is 2.34. The van der Waals surface area contributed by atoms with Gasteiger partial charge < -0.3 is 0 Å². The summed E-state index contributed by atoms with van der Waals surface area (Å²) in [7, 11) is 0. The van der Waals surface area contributed by atoms with E-state index < -0.39 is 17.6 Å². The van der Waals surface area contributed by atoms with E-state index in [1.807, 2.05) is 18.2 Å². The number of hydrogen-bond donors (Lipinski definition) is 0. The Kier molecular flexibility index (Phi) is 5.22. The molecule has 2 nitrogen and oxygen atoms in total. The number of piperidine rings is 1. The second-order valence-electron chi connectivity index (χ2n) is 6.37. The molecule has 0 bridgehead atoms. The lowest BCUT2D eigenvalue weighted by molar-refractivity contribution is 0.170. The highest BCUT2D eigenvalue weighted by Gasteiger charge is 2.29. The average molecular weight is 326 g/mol. The van der Waals surface area contributed by atoms with E-state index in [0.717, 1.165) is 38.5 Å². The first-order chi connectivity index (χ1) is 11.7. The molecule has 1 aliphatic rings. The SMILES string of the molecule is N#CC(c1ccc(F)cc1F)C1CCN(Cc2ccccc2)CC1. The molecule has 0 aromatic heterocycles. The van der Waals surface area contributed by atoms with Gasteiger partial charge in [0.1, 0.15) is 11.6 Å². The number of halogens is 2. The summed E-state index contributed by atoms with van der Waals surface area (Å²) in [5, 5.41) is 9.50. The van der Waals surface area contributed by atoms with Gasteiger partial charge in [-0.1, -0.05) is 36.4 Å². The number of hydrogen-bond acceptors (Lipinski definition) is 2. The van der Waals surface area contributed by atoms with Crippen molar-refractivity contribution in [2.75, 3.05) is 13.1 Å². The minimum Gasteiger partial charge on any atom is -0.299 e. The van der Waals surface area contributed by atoms with Crippen LogP contribution in [0.2, 0.25) is 0 Å². The highest BCUT2D eigenvalue weighted by molar-refractivity contribution is 5.28. The van der Waals surface area contributed by atoms with E-state index >= 15 is 0 Å². The van der Waals surface area contributed by atoms with Gasteiger partial charge in [0.2, 0.25) is 0 Å². The molecular weight excluding hydrogens is 306 g/mol. The molecule has 0 N–H and O–H groups in total. The van der Waals surface area contributed by atoms with Crippen molar-refractivity contribution >= 4 is 0 Å². The molecular formula is C20H20F2N2. The summed E-state index contributed by atoms with van der Waals surface area (Å²) in [6, 6.07) is 16.0. The monoisotopic (exact) mass is 326 g/mol. The van der Waals surface area contributed by atoms with E-state index in [1.54, 1.807) is 0 Å². The van der Waals surface area contributed by atoms with Crippen LogP contribution in [0.1, 0.15) is 29.9 Å². The quantitative estimate of drug-likeness (QED) is 0.828. The number of likely N-dealkylation sites (tertiary alicyclic amines) is 1. The van der Waals surface area contributed by atoms with Gasteiger partial charge in [0.25, 0.3) is 0 Å². The summed E-state index contributed by atoms with van der Waals surface area (Å²) in [6.07, 6.45) is 1.70. The lowest BCUT2D eigenvalue weighted by atomic mass is 9.80. The third-order valence-electron chi connectivity index (χ3n) is 4.79. The first-order valence-electron chi connectivity index (χ1n) is 8.28. The molecule has 1 unspecified atom stereocenters. The molecule has 4 heteroatoms. The molecule has 0 radical (unpaired) electrons. The van der Waals surface area contributed by atoms with Crippen LogP contribution in [-0.2, 0) is 6.54 Å². The zero-order valence-electron chi connectivity index (χ0n) is 13.5. The van der Waals surface area contributed by atoms with Crippen molar-refractivity contribution in [1.29, 1.82) is 5.26 Å². The van der Waals surface area contributed by atoms with E-state index in [2.05, 4.69) is 23.1 Å². The number of nitrogens with zero attached hydrogens (tertiary/aromatic N) is 2. The molecule has 1 fully saturated rings. The van der Waals surface area contributed by atoms with Crippen LogP contribution in [0.15, 0.2) is 48.5 Å². The van der Waals surface area contributed by atoms with Crippen LogP contribution in [0.25, 0.3) is 0 Å². The van der Waals surface area contributed by atoms with Gasteiger partial charge in [-0.05, 0) is 43.5 Å². The van der Waals surface area contributed by atoms with Crippen LogP contribution in [0.3, 0.4) is 0 Å². The van der Waals surface area contributed by atoms with E-state index in [0.29, 0.717) is 5.56 Å². The molecule has 2 aromatic rings. The Hall–Kier alpha value is -2.25. The number of nitriles is 1. The molecule has 1 heterocycles. The van der Waals surface area contributed by atoms with E-state index in [1.165, 1.54) is 17.7 Å². The van der Waals surface area contributed by atoms with Crippen molar-refractivity contribution in [1.82, 2.24) is 4.90 Å². The van der Waals surface area contributed by atoms with Gasteiger partial charge in [-0.15, -0.1) is 0 Å². The predicted octanol–water partition coefficient (Wildman–Crippen LogP) is 4.48. The highest BCUT2D eigenvalue weighted by atomic mass is 19.1. The van der Waals surface area contributed by atoms with Crippen molar-refractivity contribution < 1.29 is 8.78 Å². The first-order valence-corrected chi connectivity index (χ1v) is 8.28. The summed E-state index contributed by atoms with van der Waals surface area (Å²) >= 11 is 0. The summed E-state index contributed by atoms with van der Waals surface area (Å²) in [6.45, 7) is 2.68. The fraction of sp³-hybridized carbons (Fsp3) is 0.350. The molecule has 0 spiro atoms. The molecule has 1 saturated heterocycles. The van der Waals surface area contributed by atoms with Gasteiger partial charge in [-0.25, -0.2) is 8.78 Å². The zero-order valence-corrected chi connectivity index (χ0v) is 13.5. The fourth-order valence-corrected chi connectivity index (χ4v) is 3.47. The van der Waals surface area contributed by atoms with Crippen molar-refractivity contribution in [2.45, 2.75) is 25.3 Å². The van der Waals surface area contributed by atoms with Crippen molar-refractivity contribution in [2.24, 2.45) is 5.92 Å². The molecule has 0 amide bonds. The molecule has 24 heavy (non-hydrogen) atoms. The Labute approximate surface area is 141 Å². The zero-order chi connectivity index (χ0) is 16.9. The molecule has 3 rings (SSSR count). The van der Waals surface area contributed by atoms with Gasteiger partial charge in [0.05, 0.1) is 12.0 Å². The van der Waals surface area contributed by atoms with Gasteiger partial charge in [-0.3, -0.25) is 4.90 Å². The summed E-state index contributed by atoms with van der Waals surface area (Å²) in [5.41, 5.74) is 1.60. The third-order valence-corrected chi connectivity index (χ3v) is 4.79. The minimum absolute atomic E-state index is 0.113. The molecule has 1 aliphatic heterocycles. The van der Waals surface area contributed by atoms with Crippen LogP contribution in [0.5, 0.6) is 0 Å². The maximum atomic E-state index is 14.0. The Morgan fingerprint density at radius 3 is 2.42 bits per heavy atom. The number of rotatable bonds is 4. The van der Waals surface area contributed by atoms with Crippen LogP contribution < -0.4 is 0 Å². The minimum atomic E-state index is -0.617. The van der Waals surface area contributed by atoms with Crippen molar-refractivity contribution in [3.63, 3.8) is 0 Å². The van der Waals surface area contributed by atoms with Gasteiger partial charge >= 0.3 is 0 Å². The molecule has 1 atom stereocenters. The first kappa shape index (κ1) is 16.6. The molecule has 0 saturated carbocycles. The van der Waals surface area contributed by atoms with Crippen LogP contribution in [-0.4, -0.2) is 18.0 Å². The Balaban J connectivity index is 1.63. The fourth-order valence-electron chi connectivity index (χ4n) is 3.47. The lowest BCUT2D eigenvalue weighted by Crippen LogP contribution is -2.35. The standard InChI is InChI=1S/C20H20F2N2/c21-17-6-7-18(20(22)12-17)19(13-23)16-8-10-24(11-9-16)14-15-4-2-1-3-5-15/h1-7,12,16,19H,8-11,14H2. The van der Waals surface area contributed by atoms with E-state index in [4.69, 9.17) is 0 Å². The largest absolute Gasteiger partial charge is 0.299 e. The maximum Gasteiger partial charge on any atom is 0.130 e. The van der Waals surface area contributed by atoms with Crippen molar-refractivity contribution in [3.05, 3.63) is 71.3 Å². The molecule has 0 aliphatic carbocycles. The smallest absolute Gasteiger partial charge is 0.130 e. The summed E-state index contributed by atoms with van der Waals surface area (Å²) < 4.78 is 27.1. The maximum absolute atomic E-state index is 14.0. The van der Waals surface area contributed by atoms with E-state index in [9.17, 15) is 14.0 Å². The molecule has 124 valence electrons. The number of benzene rings is 2. The van der Waals surface area contributed by atoms with Crippen molar-refractivity contribution in [3.8, 4) is 6.07 Å². The normalized spacial score (nSPS) is 17.4. The van der Waals surface area contributed by atoms with Crippen LogP contribution >= 0.6 is 0 Å². The third kappa shape index (κ3) is 3.80. The van der Waals surface area contributed by atoms with Crippen LogP contribution in [0.4, 0.5) is 8.78 Å².